The van der Waals surface area contributed by atoms with Crippen molar-refractivity contribution in [2.75, 3.05) is 13.2 Å². The second-order valence-corrected chi connectivity index (χ2v) is 23.7. The van der Waals surface area contributed by atoms with Crippen LogP contribution in [-0.4, -0.2) is 37.2 Å². The zero-order valence-electron chi connectivity index (χ0n) is 54.9. The predicted octanol–water partition coefficient (Wildman–Crippen LogP) is 24.8. The van der Waals surface area contributed by atoms with Crippen LogP contribution in [0.3, 0.4) is 0 Å². The maximum absolute atomic E-state index is 12.9. The highest BCUT2D eigenvalue weighted by atomic mass is 16.6. The van der Waals surface area contributed by atoms with Crippen LogP contribution in [0.1, 0.15) is 355 Å². The first-order chi connectivity index (χ1) is 41.0. The summed E-state index contributed by atoms with van der Waals surface area (Å²) in [5, 5.41) is 0. The van der Waals surface area contributed by atoms with Crippen LogP contribution in [0.2, 0.25) is 0 Å². The van der Waals surface area contributed by atoms with Crippen molar-refractivity contribution in [3.8, 4) is 0 Å². The fraction of sp³-hybridized carbons (Fsp3) is 0.753. The van der Waals surface area contributed by atoms with Crippen molar-refractivity contribution in [2.45, 2.75) is 361 Å². The summed E-state index contributed by atoms with van der Waals surface area (Å²) in [6.45, 7) is 6.43. The first kappa shape index (κ1) is 79.3. The molecular formula is C77H134O6. The lowest BCUT2D eigenvalue weighted by Crippen LogP contribution is -2.30. The Morgan fingerprint density at radius 2 is 0.470 bits per heavy atom. The second-order valence-electron chi connectivity index (χ2n) is 23.7. The van der Waals surface area contributed by atoms with Crippen LogP contribution in [0, 0.1) is 0 Å². The number of allylic oxidation sites excluding steroid dienone is 16. The van der Waals surface area contributed by atoms with Crippen molar-refractivity contribution in [2.24, 2.45) is 0 Å². The number of esters is 3. The molecule has 0 aromatic heterocycles. The van der Waals surface area contributed by atoms with Crippen molar-refractivity contribution < 1.29 is 28.6 Å². The smallest absolute Gasteiger partial charge is 0.306 e. The van der Waals surface area contributed by atoms with E-state index in [1.54, 1.807) is 0 Å². The summed E-state index contributed by atoms with van der Waals surface area (Å²) in [6, 6.07) is 0. The van der Waals surface area contributed by atoms with Crippen LogP contribution >= 0.6 is 0 Å². The lowest BCUT2D eigenvalue weighted by molar-refractivity contribution is -0.167. The SMILES string of the molecule is CC/C=C\C/C=C\C/C=C\C/C=C\CCCCCCCCCCCCCCCCCCCCCCCCC(=O)OCC(COC(=O)CCCCCCC/C=C\CCCCCC)OC(=O)CCCCCCCCC/C=C\C/C=C\C/C=C\CC. The highest BCUT2D eigenvalue weighted by molar-refractivity contribution is 5.71. The number of ether oxygens (including phenoxy) is 3. The van der Waals surface area contributed by atoms with E-state index in [0.29, 0.717) is 19.3 Å². The minimum absolute atomic E-state index is 0.0799. The lowest BCUT2D eigenvalue weighted by Gasteiger charge is -2.18. The van der Waals surface area contributed by atoms with Crippen molar-refractivity contribution in [3.63, 3.8) is 0 Å². The first-order valence-electron chi connectivity index (χ1n) is 35.7. The van der Waals surface area contributed by atoms with E-state index in [2.05, 4.69) is 118 Å². The molecule has 1 unspecified atom stereocenters. The van der Waals surface area contributed by atoms with Gasteiger partial charge in [0.1, 0.15) is 13.2 Å². The Morgan fingerprint density at radius 1 is 0.253 bits per heavy atom. The monoisotopic (exact) mass is 1160 g/mol. The highest BCUT2D eigenvalue weighted by Crippen LogP contribution is 2.18. The summed E-state index contributed by atoms with van der Waals surface area (Å²) in [5.41, 5.74) is 0. The summed E-state index contributed by atoms with van der Waals surface area (Å²) in [7, 11) is 0. The molecule has 0 rings (SSSR count). The molecule has 0 aliphatic carbocycles. The molecule has 478 valence electrons. The molecule has 83 heavy (non-hydrogen) atoms. The topological polar surface area (TPSA) is 78.9 Å². The summed E-state index contributed by atoms with van der Waals surface area (Å²) in [4.78, 5) is 38.4. The van der Waals surface area contributed by atoms with Gasteiger partial charge in [0.05, 0.1) is 0 Å². The Balaban J connectivity index is 4.12. The van der Waals surface area contributed by atoms with Gasteiger partial charge in [-0.15, -0.1) is 0 Å². The van der Waals surface area contributed by atoms with E-state index in [-0.39, 0.29) is 31.1 Å². The number of carbonyl (C=O) groups excluding carboxylic acids is 3. The van der Waals surface area contributed by atoms with Crippen molar-refractivity contribution in [3.05, 3.63) is 97.2 Å². The standard InChI is InChI=1S/C77H134O6/c1-4-7-10-13-16-19-22-25-27-29-30-31-32-33-34-35-36-37-38-39-40-41-42-43-44-45-46-48-49-52-55-58-61-64-67-70-76(79)82-73-74(72-81-75(78)69-66-63-60-57-54-51-24-21-18-15-12-9-6-3)83-77(80)71-68-65-62-59-56-53-50-47-28-26-23-20-17-14-11-8-5-2/h7-8,10-11,16-17,19-21,24-28,30-31,74H,4-6,9,12-15,18,22-23,29,32-73H2,1-3H3/b10-7-,11-8-,19-16-,20-17-,24-21-,27-25-,28-26-,31-30-. The molecule has 0 bridgehead atoms. The van der Waals surface area contributed by atoms with Crippen LogP contribution < -0.4 is 0 Å². The molecule has 0 N–H and O–H groups in total. The Hall–Kier alpha value is -3.67. The zero-order chi connectivity index (χ0) is 59.9. The third kappa shape index (κ3) is 69.0. The molecule has 0 aliphatic heterocycles. The molecular weight excluding hydrogens is 1020 g/mol. The number of carbonyl (C=O) groups is 3. The fourth-order valence-corrected chi connectivity index (χ4v) is 10.3. The van der Waals surface area contributed by atoms with Crippen molar-refractivity contribution in [1.29, 1.82) is 0 Å². The molecule has 0 saturated carbocycles. The summed E-state index contributed by atoms with van der Waals surface area (Å²) < 4.78 is 16.9. The van der Waals surface area contributed by atoms with E-state index in [1.165, 1.54) is 199 Å². The average molecular weight is 1160 g/mol. The third-order valence-electron chi connectivity index (χ3n) is 15.6. The van der Waals surface area contributed by atoms with Gasteiger partial charge in [0.2, 0.25) is 0 Å². The third-order valence-corrected chi connectivity index (χ3v) is 15.6. The molecule has 0 spiro atoms. The van der Waals surface area contributed by atoms with Crippen LogP contribution in [0.25, 0.3) is 0 Å². The maximum atomic E-state index is 12.9. The predicted molar refractivity (Wildman–Crippen MR) is 362 cm³/mol. The molecule has 0 aromatic rings. The molecule has 0 radical (unpaired) electrons. The van der Waals surface area contributed by atoms with E-state index in [1.807, 2.05) is 0 Å². The number of hydrogen-bond acceptors (Lipinski definition) is 6. The van der Waals surface area contributed by atoms with E-state index < -0.39 is 6.10 Å². The fourth-order valence-electron chi connectivity index (χ4n) is 10.3. The Morgan fingerprint density at radius 3 is 0.747 bits per heavy atom. The Bertz CT molecular complexity index is 1610. The van der Waals surface area contributed by atoms with Crippen molar-refractivity contribution >= 4 is 17.9 Å². The minimum atomic E-state index is -0.785. The number of hydrogen-bond donors (Lipinski definition) is 0. The van der Waals surface area contributed by atoms with Gasteiger partial charge in [-0.2, -0.15) is 0 Å². The summed E-state index contributed by atoms with van der Waals surface area (Å²) >= 11 is 0. The molecule has 6 heteroatoms. The van der Waals surface area contributed by atoms with E-state index >= 15 is 0 Å². The van der Waals surface area contributed by atoms with E-state index in [4.69, 9.17) is 14.2 Å². The van der Waals surface area contributed by atoms with E-state index in [9.17, 15) is 14.4 Å². The Labute approximate surface area is 515 Å². The quantitative estimate of drug-likeness (QED) is 0.0261. The minimum Gasteiger partial charge on any atom is -0.462 e. The number of unbranched alkanes of at least 4 members (excludes halogenated alkanes) is 38. The van der Waals surface area contributed by atoms with Gasteiger partial charge in [0.15, 0.2) is 6.10 Å². The first-order valence-corrected chi connectivity index (χ1v) is 35.7. The maximum Gasteiger partial charge on any atom is 0.306 e. The lowest BCUT2D eigenvalue weighted by atomic mass is 10.0. The van der Waals surface area contributed by atoms with Gasteiger partial charge in [-0.1, -0.05) is 317 Å². The van der Waals surface area contributed by atoms with Crippen LogP contribution in [-0.2, 0) is 28.6 Å². The normalized spacial score (nSPS) is 12.7. The van der Waals surface area contributed by atoms with Crippen LogP contribution in [0.5, 0.6) is 0 Å². The van der Waals surface area contributed by atoms with E-state index in [0.717, 1.165) is 116 Å². The van der Waals surface area contributed by atoms with Gasteiger partial charge in [0.25, 0.3) is 0 Å². The number of rotatable bonds is 65. The van der Waals surface area contributed by atoms with Gasteiger partial charge in [-0.3, -0.25) is 14.4 Å². The molecule has 0 aliphatic rings. The molecule has 0 fully saturated rings. The summed E-state index contributed by atoms with van der Waals surface area (Å²) in [6.07, 6.45) is 96.0. The average Bonchev–Trinajstić information content (AvgIpc) is 3.49. The van der Waals surface area contributed by atoms with Gasteiger partial charge < -0.3 is 14.2 Å². The molecule has 0 saturated heterocycles. The zero-order valence-corrected chi connectivity index (χ0v) is 54.9. The molecule has 0 aromatic carbocycles. The molecule has 6 nitrogen and oxygen atoms in total. The van der Waals surface area contributed by atoms with Gasteiger partial charge in [0, 0.05) is 19.3 Å². The van der Waals surface area contributed by atoms with Gasteiger partial charge in [-0.05, 0) is 116 Å². The van der Waals surface area contributed by atoms with Gasteiger partial charge >= 0.3 is 17.9 Å². The Kier molecular flexibility index (Phi) is 67.7. The summed E-state index contributed by atoms with van der Waals surface area (Å²) in [5.74, 6) is -0.882. The van der Waals surface area contributed by atoms with Crippen LogP contribution in [0.15, 0.2) is 97.2 Å². The van der Waals surface area contributed by atoms with Gasteiger partial charge in [-0.25, -0.2) is 0 Å². The molecule has 0 heterocycles. The highest BCUT2D eigenvalue weighted by Gasteiger charge is 2.19. The largest absolute Gasteiger partial charge is 0.462 e. The molecule has 0 amide bonds. The van der Waals surface area contributed by atoms with Crippen molar-refractivity contribution in [1.82, 2.24) is 0 Å². The van der Waals surface area contributed by atoms with Crippen LogP contribution in [0.4, 0.5) is 0 Å². The molecule has 1 atom stereocenters. The second kappa shape index (κ2) is 70.8.